The molecule has 3 nitrogen and oxygen atoms in total. The van der Waals surface area contributed by atoms with Gasteiger partial charge in [-0.3, -0.25) is 0 Å². The van der Waals surface area contributed by atoms with Gasteiger partial charge in [0.1, 0.15) is 17.2 Å². The van der Waals surface area contributed by atoms with E-state index in [1.165, 1.54) is 12.1 Å². The maximum absolute atomic E-state index is 13.0. The third kappa shape index (κ3) is 1.98. The van der Waals surface area contributed by atoms with E-state index in [4.69, 9.17) is 5.26 Å². The average Bonchev–Trinajstić information content (AvgIpc) is 2.78. The van der Waals surface area contributed by atoms with E-state index in [1.807, 2.05) is 11.6 Å². The molecule has 20 heavy (non-hydrogen) atoms. The smallest absolute Gasteiger partial charge is 0.140 e. The molecule has 0 aliphatic rings. The molecule has 0 bridgehead atoms. The van der Waals surface area contributed by atoms with Gasteiger partial charge in [0.05, 0.1) is 17.1 Å². The van der Waals surface area contributed by atoms with Crippen molar-refractivity contribution in [3.8, 4) is 17.5 Å². The number of aromatic nitrogens is 2. The lowest BCUT2D eigenvalue weighted by atomic mass is 10.2. The molecule has 3 aromatic rings. The largest absolute Gasteiger partial charge is 0.327 e. The summed E-state index contributed by atoms with van der Waals surface area (Å²) in [5.74, 6) is 0.455. The van der Waals surface area contributed by atoms with E-state index < -0.39 is 0 Å². The van der Waals surface area contributed by atoms with Gasteiger partial charge < -0.3 is 4.57 Å². The second kappa shape index (κ2) is 4.73. The maximum Gasteiger partial charge on any atom is 0.140 e. The van der Waals surface area contributed by atoms with Crippen LogP contribution in [0, 0.1) is 17.1 Å². The van der Waals surface area contributed by atoms with E-state index in [2.05, 4.69) is 27.0 Å². The fourth-order valence-electron chi connectivity index (χ4n) is 2.17. The SMILES string of the molecule is Cn1c(-c2ccc(F)cc2)nc2c(Br)cc(C#N)cc21. The molecule has 0 saturated heterocycles. The highest BCUT2D eigenvalue weighted by atomic mass is 79.9. The minimum atomic E-state index is -0.277. The topological polar surface area (TPSA) is 41.6 Å². The highest BCUT2D eigenvalue weighted by Crippen LogP contribution is 2.29. The Morgan fingerprint density at radius 1 is 1.25 bits per heavy atom. The molecule has 0 radical (unpaired) electrons. The van der Waals surface area contributed by atoms with Crippen LogP contribution in [0.15, 0.2) is 40.9 Å². The normalized spacial score (nSPS) is 10.7. The lowest BCUT2D eigenvalue weighted by molar-refractivity contribution is 0.628. The summed E-state index contributed by atoms with van der Waals surface area (Å²) in [6.07, 6.45) is 0. The van der Waals surface area contributed by atoms with Crippen LogP contribution >= 0.6 is 15.9 Å². The first-order valence-corrected chi connectivity index (χ1v) is 6.71. The first-order valence-electron chi connectivity index (χ1n) is 5.92. The molecule has 98 valence electrons. The molecule has 0 aliphatic heterocycles. The van der Waals surface area contributed by atoms with Gasteiger partial charge in [0.25, 0.3) is 0 Å². The molecule has 2 aromatic carbocycles. The van der Waals surface area contributed by atoms with Crippen LogP contribution in [-0.4, -0.2) is 9.55 Å². The third-order valence-electron chi connectivity index (χ3n) is 3.17. The fourth-order valence-corrected chi connectivity index (χ4v) is 2.71. The van der Waals surface area contributed by atoms with Gasteiger partial charge in [-0.15, -0.1) is 0 Å². The van der Waals surface area contributed by atoms with Crippen molar-refractivity contribution in [2.24, 2.45) is 7.05 Å². The summed E-state index contributed by atoms with van der Waals surface area (Å²) in [6.45, 7) is 0. The maximum atomic E-state index is 13.0. The number of fused-ring (bicyclic) bond motifs is 1. The summed E-state index contributed by atoms with van der Waals surface area (Å²) in [7, 11) is 1.88. The van der Waals surface area contributed by atoms with Gasteiger partial charge in [-0.05, 0) is 52.3 Å². The molecular weight excluding hydrogens is 321 g/mol. The number of benzene rings is 2. The van der Waals surface area contributed by atoms with Crippen LogP contribution in [-0.2, 0) is 7.05 Å². The van der Waals surface area contributed by atoms with Crippen molar-refractivity contribution >= 4 is 27.0 Å². The first-order chi connectivity index (χ1) is 9.60. The molecule has 0 amide bonds. The summed E-state index contributed by atoms with van der Waals surface area (Å²) in [5, 5.41) is 9.02. The van der Waals surface area contributed by atoms with Crippen molar-refractivity contribution in [3.05, 3.63) is 52.3 Å². The van der Waals surface area contributed by atoms with Crippen LogP contribution in [0.1, 0.15) is 5.56 Å². The molecule has 0 spiro atoms. The average molecular weight is 330 g/mol. The van der Waals surface area contributed by atoms with E-state index in [9.17, 15) is 4.39 Å². The first kappa shape index (κ1) is 12.8. The highest BCUT2D eigenvalue weighted by molar-refractivity contribution is 9.10. The summed E-state index contributed by atoms with van der Waals surface area (Å²) in [5.41, 5.74) is 3.04. The Labute approximate surface area is 123 Å². The van der Waals surface area contributed by atoms with Crippen molar-refractivity contribution in [2.45, 2.75) is 0 Å². The Kier molecular flexibility index (Phi) is 3.03. The molecule has 0 unspecified atom stereocenters. The Morgan fingerprint density at radius 2 is 1.95 bits per heavy atom. The van der Waals surface area contributed by atoms with Gasteiger partial charge >= 0.3 is 0 Å². The summed E-state index contributed by atoms with van der Waals surface area (Å²) in [6, 6.07) is 11.8. The number of nitriles is 1. The predicted octanol–water partition coefficient (Wildman–Crippen LogP) is 4.01. The van der Waals surface area contributed by atoms with Crippen molar-refractivity contribution in [1.82, 2.24) is 9.55 Å². The zero-order valence-corrected chi connectivity index (χ0v) is 12.1. The third-order valence-corrected chi connectivity index (χ3v) is 3.78. The van der Waals surface area contributed by atoms with Crippen LogP contribution in [0.5, 0.6) is 0 Å². The molecular formula is C15H9BrFN3. The Hall–Kier alpha value is -2.19. The lowest BCUT2D eigenvalue weighted by Crippen LogP contribution is -1.92. The van der Waals surface area contributed by atoms with Gasteiger partial charge in [0.15, 0.2) is 0 Å². The molecule has 0 N–H and O–H groups in total. The molecule has 0 atom stereocenters. The molecule has 1 aromatic heterocycles. The van der Waals surface area contributed by atoms with Crippen molar-refractivity contribution < 1.29 is 4.39 Å². The Morgan fingerprint density at radius 3 is 2.60 bits per heavy atom. The van der Waals surface area contributed by atoms with Crippen LogP contribution < -0.4 is 0 Å². The number of imidazole rings is 1. The zero-order valence-electron chi connectivity index (χ0n) is 10.6. The summed E-state index contributed by atoms with van der Waals surface area (Å²) < 4.78 is 15.7. The molecule has 0 fully saturated rings. The second-order valence-electron chi connectivity index (χ2n) is 4.44. The Balaban J connectivity index is 2.28. The van der Waals surface area contributed by atoms with E-state index in [-0.39, 0.29) is 5.82 Å². The van der Waals surface area contributed by atoms with E-state index in [1.54, 1.807) is 24.3 Å². The molecule has 1 heterocycles. The Bertz CT molecular complexity index is 844. The quantitative estimate of drug-likeness (QED) is 0.676. The minimum absolute atomic E-state index is 0.277. The van der Waals surface area contributed by atoms with Gasteiger partial charge in [0, 0.05) is 17.1 Å². The fraction of sp³-hybridized carbons (Fsp3) is 0.0667. The van der Waals surface area contributed by atoms with Crippen molar-refractivity contribution in [3.63, 3.8) is 0 Å². The van der Waals surface area contributed by atoms with Crippen molar-refractivity contribution in [1.29, 1.82) is 5.26 Å². The van der Waals surface area contributed by atoms with E-state index in [0.717, 1.165) is 26.9 Å². The predicted molar refractivity (Wildman–Crippen MR) is 78.5 cm³/mol. The second-order valence-corrected chi connectivity index (χ2v) is 5.29. The molecule has 3 rings (SSSR count). The number of rotatable bonds is 1. The van der Waals surface area contributed by atoms with Crippen LogP contribution in [0.4, 0.5) is 4.39 Å². The monoisotopic (exact) mass is 329 g/mol. The number of nitrogens with zero attached hydrogens (tertiary/aromatic N) is 3. The van der Waals surface area contributed by atoms with Crippen molar-refractivity contribution in [2.75, 3.05) is 0 Å². The van der Waals surface area contributed by atoms with Gasteiger partial charge in [-0.25, -0.2) is 9.37 Å². The number of halogens is 2. The van der Waals surface area contributed by atoms with Gasteiger partial charge in [0.2, 0.25) is 0 Å². The molecule has 0 aliphatic carbocycles. The number of hydrogen-bond acceptors (Lipinski definition) is 2. The van der Waals surface area contributed by atoms with Crippen LogP contribution in [0.2, 0.25) is 0 Å². The van der Waals surface area contributed by atoms with E-state index in [0.29, 0.717) is 5.56 Å². The highest BCUT2D eigenvalue weighted by Gasteiger charge is 2.13. The van der Waals surface area contributed by atoms with Crippen LogP contribution in [0.3, 0.4) is 0 Å². The zero-order chi connectivity index (χ0) is 14.3. The summed E-state index contributed by atoms with van der Waals surface area (Å²) in [4.78, 5) is 4.57. The molecule has 5 heteroatoms. The standard InChI is InChI=1S/C15H9BrFN3/c1-20-13-7-9(8-18)6-12(16)14(13)19-15(20)10-2-4-11(17)5-3-10/h2-7H,1H3. The minimum Gasteiger partial charge on any atom is -0.327 e. The van der Waals surface area contributed by atoms with Gasteiger partial charge in [-0.2, -0.15) is 5.26 Å². The van der Waals surface area contributed by atoms with Gasteiger partial charge in [-0.1, -0.05) is 0 Å². The van der Waals surface area contributed by atoms with E-state index >= 15 is 0 Å². The molecule has 0 saturated carbocycles. The van der Waals surface area contributed by atoms with Crippen LogP contribution in [0.25, 0.3) is 22.4 Å². The number of aryl methyl sites for hydroxylation is 1. The number of hydrogen-bond donors (Lipinski definition) is 0. The summed E-state index contributed by atoms with van der Waals surface area (Å²) >= 11 is 3.43. The lowest BCUT2D eigenvalue weighted by Gasteiger charge is -2.02.